The molecule has 8 heteroatoms. The van der Waals surface area contributed by atoms with Gasteiger partial charge in [-0.25, -0.2) is 9.97 Å². The topological polar surface area (TPSA) is 102 Å². The van der Waals surface area contributed by atoms with Crippen LogP contribution in [0.25, 0.3) is 0 Å². The molecule has 2 amide bonds. The first-order chi connectivity index (χ1) is 9.65. The van der Waals surface area contributed by atoms with Crippen LogP contribution in [0.2, 0.25) is 0 Å². The summed E-state index contributed by atoms with van der Waals surface area (Å²) in [6.45, 7) is 0.305. The summed E-state index contributed by atoms with van der Waals surface area (Å²) < 4.78 is 10.3. The van der Waals surface area contributed by atoms with Gasteiger partial charge in [0.25, 0.3) is 0 Å². The number of hydrogen-bond acceptors (Lipinski definition) is 7. The Morgan fingerprint density at radius 3 is 2.50 bits per heavy atom. The highest BCUT2D eigenvalue weighted by Crippen LogP contribution is 2.23. The Bertz CT molecular complexity index is 498. The first-order valence-corrected chi connectivity index (χ1v) is 6.14. The normalized spacial score (nSPS) is 18.6. The van der Waals surface area contributed by atoms with Gasteiger partial charge >= 0.3 is 0 Å². The molecule has 8 nitrogen and oxygen atoms in total. The molecule has 1 atom stereocenters. The molecule has 0 aliphatic carbocycles. The van der Waals surface area contributed by atoms with Gasteiger partial charge in [-0.15, -0.1) is 0 Å². The molecule has 1 saturated heterocycles. The Morgan fingerprint density at radius 2 is 1.95 bits per heavy atom. The van der Waals surface area contributed by atoms with E-state index in [-0.39, 0.29) is 11.8 Å². The van der Waals surface area contributed by atoms with Crippen molar-refractivity contribution in [3.8, 4) is 11.8 Å². The Morgan fingerprint density at radius 1 is 1.30 bits per heavy atom. The Labute approximate surface area is 115 Å². The minimum atomic E-state index is -0.428. The number of amides is 2. The number of ether oxygens (including phenoxy) is 2. The Hall–Kier alpha value is -2.22. The van der Waals surface area contributed by atoms with E-state index in [2.05, 4.69) is 20.6 Å². The maximum absolute atomic E-state index is 11.6. The molecule has 1 unspecified atom stereocenters. The predicted molar refractivity (Wildman–Crippen MR) is 68.1 cm³/mol. The second-order valence-electron chi connectivity index (χ2n) is 4.26. The largest absolute Gasteiger partial charge is 0.481 e. The molecule has 0 radical (unpaired) electrons. The van der Waals surface area contributed by atoms with Crippen molar-refractivity contribution in [3.63, 3.8) is 0 Å². The molecule has 1 aromatic heterocycles. The number of piperidine rings is 1. The van der Waals surface area contributed by atoms with Gasteiger partial charge in [0.1, 0.15) is 6.33 Å². The fourth-order valence-electron chi connectivity index (χ4n) is 2.00. The van der Waals surface area contributed by atoms with Gasteiger partial charge in [0.15, 0.2) is 0 Å². The van der Waals surface area contributed by atoms with E-state index in [0.717, 1.165) is 0 Å². The first-order valence-electron chi connectivity index (χ1n) is 6.14. The van der Waals surface area contributed by atoms with Crippen LogP contribution in [0, 0.1) is 0 Å². The molecule has 2 N–H and O–H groups in total. The summed E-state index contributed by atoms with van der Waals surface area (Å²) >= 11 is 0. The molecule has 0 bridgehead atoms. The van der Waals surface area contributed by atoms with Gasteiger partial charge in [0.2, 0.25) is 23.6 Å². The number of rotatable bonds is 5. The van der Waals surface area contributed by atoms with Crippen molar-refractivity contribution >= 4 is 11.8 Å². The summed E-state index contributed by atoms with van der Waals surface area (Å²) in [7, 11) is 2.99. The number of aromatic nitrogens is 2. The molecule has 2 rings (SSSR count). The van der Waals surface area contributed by atoms with E-state index in [4.69, 9.17) is 9.47 Å². The van der Waals surface area contributed by atoms with Crippen LogP contribution in [0.4, 0.5) is 0 Å². The summed E-state index contributed by atoms with van der Waals surface area (Å²) in [5.74, 6) is 0.204. The van der Waals surface area contributed by atoms with E-state index in [9.17, 15) is 9.59 Å². The van der Waals surface area contributed by atoms with Crippen molar-refractivity contribution in [2.45, 2.75) is 25.4 Å². The minimum Gasteiger partial charge on any atom is -0.481 e. The van der Waals surface area contributed by atoms with Crippen molar-refractivity contribution in [1.82, 2.24) is 20.6 Å². The maximum atomic E-state index is 11.6. The number of nitrogens with one attached hydrogen (secondary N) is 2. The van der Waals surface area contributed by atoms with E-state index >= 15 is 0 Å². The molecule has 0 saturated carbocycles. The minimum absolute atomic E-state index is 0.244. The molecule has 0 aromatic carbocycles. The van der Waals surface area contributed by atoms with Crippen LogP contribution in [-0.4, -0.2) is 42.0 Å². The Kier molecular flexibility index (Phi) is 4.46. The van der Waals surface area contributed by atoms with Crippen LogP contribution < -0.4 is 20.1 Å². The molecule has 2 heterocycles. The maximum Gasteiger partial charge on any atom is 0.243 e. The highest BCUT2D eigenvalue weighted by Gasteiger charge is 2.26. The number of methoxy groups -OCH3 is 2. The molecule has 0 spiro atoms. The zero-order valence-electron chi connectivity index (χ0n) is 11.3. The Balaban J connectivity index is 2.07. The fourth-order valence-corrected chi connectivity index (χ4v) is 2.00. The fraction of sp³-hybridized carbons (Fsp3) is 0.500. The number of nitrogens with zero attached hydrogens (tertiary/aromatic N) is 2. The van der Waals surface area contributed by atoms with E-state index in [1.165, 1.54) is 20.5 Å². The lowest BCUT2D eigenvalue weighted by molar-refractivity contribution is -0.134. The number of hydrogen-bond donors (Lipinski definition) is 2. The predicted octanol–water partition coefficient (Wildman–Crippen LogP) is -0.611. The average Bonchev–Trinajstić information content (AvgIpc) is 2.46. The van der Waals surface area contributed by atoms with Crippen LogP contribution in [0.3, 0.4) is 0 Å². The number of carbonyl (C=O) groups is 2. The van der Waals surface area contributed by atoms with Crippen LogP contribution in [0.1, 0.15) is 18.4 Å². The van der Waals surface area contributed by atoms with Gasteiger partial charge in [-0.2, -0.15) is 0 Å². The summed E-state index contributed by atoms with van der Waals surface area (Å²) in [5, 5.41) is 5.34. The zero-order valence-corrected chi connectivity index (χ0v) is 11.3. The zero-order chi connectivity index (χ0) is 14.5. The lowest BCUT2D eigenvalue weighted by Gasteiger charge is -2.22. The van der Waals surface area contributed by atoms with Gasteiger partial charge in [0.05, 0.1) is 25.8 Å². The number of carbonyl (C=O) groups excluding carboxylic acids is 2. The van der Waals surface area contributed by atoms with Crippen molar-refractivity contribution in [2.75, 3.05) is 14.2 Å². The molecule has 1 aliphatic rings. The van der Waals surface area contributed by atoms with E-state index in [0.29, 0.717) is 36.7 Å². The molecule has 1 fully saturated rings. The van der Waals surface area contributed by atoms with Crippen molar-refractivity contribution in [2.24, 2.45) is 0 Å². The monoisotopic (exact) mass is 280 g/mol. The first kappa shape index (κ1) is 14.2. The van der Waals surface area contributed by atoms with E-state index in [1.807, 2.05) is 0 Å². The van der Waals surface area contributed by atoms with Gasteiger partial charge in [-0.05, 0) is 6.42 Å². The van der Waals surface area contributed by atoms with E-state index in [1.54, 1.807) is 0 Å². The molecular weight excluding hydrogens is 264 g/mol. The van der Waals surface area contributed by atoms with Gasteiger partial charge in [-0.3, -0.25) is 14.9 Å². The molecule has 108 valence electrons. The summed E-state index contributed by atoms with van der Waals surface area (Å²) in [4.78, 5) is 30.7. The molecule has 1 aromatic rings. The van der Waals surface area contributed by atoms with Gasteiger partial charge in [-0.1, -0.05) is 0 Å². The molecule has 1 aliphatic heterocycles. The SMILES string of the molecule is COc1ncnc(OC)c1CNC1CCC(=O)NC1=O. The third-order valence-electron chi connectivity index (χ3n) is 3.02. The third kappa shape index (κ3) is 3.02. The molecule has 20 heavy (non-hydrogen) atoms. The summed E-state index contributed by atoms with van der Waals surface area (Å²) in [6, 6.07) is -0.428. The highest BCUT2D eigenvalue weighted by molar-refractivity contribution is 6.00. The van der Waals surface area contributed by atoms with Crippen LogP contribution in [-0.2, 0) is 16.1 Å². The second kappa shape index (κ2) is 6.29. The lowest BCUT2D eigenvalue weighted by atomic mass is 10.1. The van der Waals surface area contributed by atoms with Crippen LogP contribution in [0.5, 0.6) is 11.8 Å². The lowest BCUT2D eigenvalue weighted by Crippen LogP contribution is -2.50. The van der Waals surface area contributed by atoms with E-state index < -0.39 is 6.04 Å². The van der Waals surface area contributed by atoms with Crippen LogP contribution >= 0.6 is 0 Å². The van der Waals surface area contributed by atoms with Crippen molar-refractivity contribution in [1.29, 1.82) is 0 Å². The smallest absolute Gasteiger partial charge is 0.243 e. The van der Waals surface area contributed by atoms with Crippen molar-refractivity contribution in [3.05, 3.63) is 11.9 Å². The molecular formula is C12H16N4O4. The standard InChI is InChI=1S/C12H16N4O4/c1-19-11-7(12(20-2)15-6-14-11)5-13-8-3-4-9(17)16-10(8)18/h6,8,13H,3-5H2,1-2H3,(H,16,17,18). The quantitative estimate of drug-likeness (QED) is 0.693. The number of imide groups is 1. The van der Waals surface area contributed by atoms with Gasteiger partial charge in [0, 0.05) is 13.0 Å². The van der Waals surface area contributed by atoms with Crippen LogP contribution in [0.15, 0.2) is 6.33 Å². The third-order valence-corrected chi connectivity index (χ3v) is 3.02. The summed E-state index contributed by atoms with van der Waals surface area (Å²) in [6.07, 6.45) is 2.12. The summed E-state index contributed by atoms with van der Waals surface area (Å²) in [5.41, 5.74) is 0.627. The van der Waals surface area contributed by atoms with Crippen molar-refractivity contribution < 1.29 is 19.1 Å². The average molecular weight is 280 g/mol. The van der Waals surface area contributed by atoms with Gasteiger partial charge < -0.3 is 14.8 Å². The second-order valence-corrected chi connectivity index (χ2v) is 4.26. The highest BCUT2D eigenvalue weighted by atomic mass is 16.5.